The molecule has 0 saturated carbocycles. The molecule has 1 aromatic rings. The highest BCUT2D eigenvalue weighted by Gasteiger charge is 2.10. The van der Waals surface area contributed by atoms with Crippen molar-refractivity contribution in [3.05, 3.63) is 29.3 Å². The number of esters is 2. The Morgan fingerprint density at radius 1 is 1.16 bits per heavy atom. The SMILES string of the molecule is CCOC(=O)CCc1ccc(C(=O)OCC)cc1S. The second-order valence-electron chi connectivity index (χ2n) is 3.87. The highest BCUT2D eigenvalue weighted by Crippen LogP contribution is 2.18. The van der Waals surface area contributed by atoms with E-state index in [0.29, 0.717) is 36.5 Å². The molecule has 19 heavy (non-hydrogen) atoms. The molecule has 0 atom stereocenters. The zero-order valence-corrected chi connectivity index (χ0v) is 12.0. The lowest BCUT2D eigenvalue weighted by Gasteiger charge is -2.07. The molecular weight excluding hydrogens is 264 g/mol. The van der Waals surface area contributed by atoms with Crippen LogP contribution in [0.5, 0.6) is 0 Å². The second-order valence-corrected chi connectivity index (χ2v) is 4.35. The maximum atomic E-state index is 11.5. The van der Waals surface area contributed by atoms with E-state index in [1.807, 2.05) is 0 Å². The average molecular weight is 282 g/mol. The smallest absolute Gasteiger partial charge is 0.338 e. The van der Waals surface area contributed by atoms with Gasteiger partial charge in [0.2, 0.25) is 0 Å². The fourth-order valence-corrected chi connectivity index (χ4v) is 1.91. The molecule has 1 rings (SSSR count). The monoisotopic (exact) mass is 282 g/mol. The number of carbonyl (C=O) groups is 2. The molecule has 0 bridgehead atoms. The minimum atomic E-state index is -0.366. The van der Waals surface area contributed by atoms with Gasteiger partial charge >= 0.3 is 11.9 Å². The summed E-state index contributed by atoms with van der Waals surface area (Å²) in [4.78, 5) is 23.5. The third kappa shape index (κ3) is 4.95. The van der Waals surface area contributed by atoms with E-state index in [4.69, 9.17) is 9.47 Å². The molecule has 0 aliphatic heterocycles. The molecule has 0 unspecified atom stereocenters. The molecule has 0 aliphatic carbocycles. The Morgan fingerprint density at radius 3 is 2.42 bits per heavy atom. The standard InChI is InChI=1S/C14H18O4S/c1-3-17-13(15)8-7-10-5-6-11(9-12(10)19)14(16)18-4-2/h5-6,9,19H,3-4,7-8H2,1-2H3. The predicted molar refractivity (Wildman–Crippen MR) is 74.6 cm³/mol. The van der Waals surface area contributed by atoms with E-state index in [1.165, 1.54) is 0 Å². The van der Waals surface area contributed by atoms with E-state index in [-0.39, 0.29) is 11.9 Å². The summed E-state index contributed by atoms with van der Waals surface area (Å²) in [6.45, 7) is 4.25. The van der Waals surface area contributed by atoms with Crippen molar-refractivity contribution in [2.24, 2.45) is 0 Å². The van der Waals surface area contributed by atoms with Crippen LogP contribution >= 0.6 is 12.6 Å². The van der Waals surface area contributed by atoms with Gasteiger partial charge in [-0.1, -0.05) is 6.07 Å². The quantitative estimate of drug-likeness (QED) is 0.644. The van der Waals surface area contributed by atoms with E-state index in [1.54, 1.807) is 32.0 Å². The summed E-state index contributed by atoms with van der Waals surface area (Å²) >= 11 is 4.33. The lowest BCUT2D eigenvalue weighted by atomic mass is 10.1. The Morgan fingerprint density at radius 2 is 1.84 bits per heavy atom. The van der Waals surface area contributed by atoms with Gasteiger partial charge in [0.1, 0.15) is 0 Å². The van der Waals surface area contributed by atoms with Crippen molar-refractivity contribution < 1.29 is 19.1 Å². The fraction of sp³-hybridized carbons (Fsp3) is 0.429. The second kappa shape index (κ2) is 7.84. The maximum absolute atomic E-state index is 11.5. The summed E-state index contributed by atoms with van der Waals surface area (Å²) in [7, 11) is 0. The zero-order chi connectivity index (χ0) is 14.3. The number of rotatable bonds is 6. The summed E-state index contributed by atoms with van der Waals surface area (Å²) in [5.74, 6) is -0.598. The summed E-state index contributed by atoms with van der Waals surface area (Å²) in [5, 5.41) is 0. The first kappa shape index (κ1) is 15.6. The summed E-state index contributed by atoms with van der Waals surface area (Å²) in [5.41, 5.74) is 1.37. The largest absolute Gasteiger partial charge is 0.466 e. The minimum Gasteiger partial charge on any atom is -0.466 e. The molecule has 0 fully saturated rings. The Balaban J connectivity index is 2.67. The molecule has 0 saturated heterocycles. The molecule has 4 nitrogen and oxygen atoms in total. The lowest BCUT2D eigenvalue weighted by Crippen LogP contribution is -2.07. The summed E-state index contributed by atoms with van der Waals surface area (Å²) < 4.78 is 9.77. The van der Waals surface area contributed by atoms with Crippen molar-refractivity contribution in [2.75, 3.05) is 13.2 Å². The van der Waals surface area contributed by atoms with Crippen LogP contribution in [0, 0.1) is 0 Å². The van der Waals surface area contributed by atoms with E-state index in [9.17, 15) is 9.59 Å². The molecule has 0 aliphatic rings. The van der Waals surface area contributed by atoms with Crippen LogP contribution in [0.3, 0.4) is 0 Å². The van der Waals surface area contributed by atoms with Crippen molar-refractivity contribution in [2.45, 2.75) is 31.6 Å². The van der Waals surface area contributed by atoms with Gasteiger partial charge in [-0.05, 0) is 38.0 Å². The van der Waals surface area contributed by atoms with Crippen LogP contribution in [0.4, 0.5) is 0 Å². The number of ether oxygens (including phenoxy) is 2. The zero-order valence-electron chi connectivity index (χ0n) is 11.1. The number of carbonyl (C=O) groups excluding carboxylic acids is 2. The van der Waals surface area contributed by atoms with Gasteiger partial charge in [0.05, 0.1) is 18.8 Å². The van der Waals surface area contributed by atoms with Crippen LogP contribution in [0.2, 0.25) is 0 Å². The molecule has 104 valence electrons. The number of hydrogen-bond acceptors (Lipinski definition) is 5. The molecule has 0 amide bonds. The van der Waals surface area contributed by atoms with Gasteiger partial charge in [-0.25, -0.2) is 4.79 Å². The Bertz CT molecular complexity index is 457. The molecule has 0 radical (unpaired) electrons. The minimum absolute atomic E-state index is 0.232. The van der Waals surface area contributed by atoms with Gasteiger partial charge in [0.25, 0.3) is 0 Å². The molecule has 0 N–H and O–H groups in total. The summed E-state index contributed by atoms with van der Waals surface area (Å²) in [6.07, 6.45) is 0.848. The number of benzene rings is 1. The van der Waals surface area contributed by atoms with Crippen LogP contribution in [0.25, 0.3) is 0 Å². The van der Waals surface area contributed by atoms with Crippen LogP contribution in [-0.4, -0.2) is 25.2 Å². The first-order chi connectivity index (χ1) is 9.08. The van der Waals surface area contributed by atoms with Crippen molar-refractivity contribution in [1.29, 1.82) is 0 Å². The Kier molecular flexibility index (Phi) is 6.42. The van der Waals surface area contributed by atoms with Crippen molar-refractivity contribution in [3.63, 3.8) is 0 Å². The van der Waals surface area contributed by atoms with E-state index in [2.05, 4.69) is 12.6 Å². The van der Waals surface area contributed by atoms with Crippen LogP contribution < -0.4 is 0 Å². The number of thiol groups is 1. The molecular formula is C14H18O4S. The topological polar surface area (TPSA) is 52.6 Å². The Labute approximate surface area is 118 Å². The first-order valence-corrected chi connectivity index (χ1v) is 6.67. The van der Waals surface area contributed by atoms with Gasteiger partial charge in [0, 0.05) is 11.3 Å². The molecule has 0 aromatic heterocycles. The van der Waals surface area contributed by atoms with Crippen LogP contribution in [0.1, 0.15) is 36.2 Å². The molecule has 0 heterocycles. The molecule has 1 aromatic carbocycles. The summed E-state index contributed by atoms with van der Waals surface area (Å²) in [6, 6.07) is 5.12. The number of hydrogen-bond donors (Lipinski definition) is 1. The van der Waals surface area contributed by atoms with Gasteiger partial charge in [-0.2, -0.15) is 0 Å². The van der Waals surface area contributed by atoms with Gasteiger partial charge < -0.3 is 9.47 Å². The highest BCUT2D eigenvalue weighted by atomic mass is 32.1. The van der Waals surface area contributed by atoms with Crippen LogP contribution in [0.15, 0.2) is 23.1 Å². The van der Waals surface area contributed by atoms with Crippen molar-refractivity contribution >= 4 is 24.6 Å². The predicted octanol–water partition coefficient (Wildman–Crippen LogP) is 2.65. The van der Waals surface area contributed by atoms with E-state index in [0.717, 1.165) is 5.56 Å². The Hall–Kier alpha value is -1.49. The van der Waals surface area contributed by atoms with Crippen molar-refractivity contribution in [1.82, 2.24) is 0 Å². The van der Waals surface area contributed by atoms with Gasteiger partial charge in [-0.15, -0.1) is 12.6 Å². The highest BCUT2D eigenvalue weighted by molar-refractivity contribution is 7.80. The lowest BCUT2D eigenvalue weighted by molar-refractivity contribution is -0.143. The van der Waals surface area contributed by atoms with Crippen molar-refractivity contribution in [3.8, 4) is 0 Å². The number of aryl methyl sites for hydroxylation is 1. The van der Waals surface area contributed by atoms with Crippen LogP contribution in [-0.2, 0) is 20.7 Å². The third-order valence-corrected chi connectivity index (χ3v) is 2.92. The first-order valence-electron chi connectivity index (χ1n) is 6.23. The average Bonchev–Trinajstić information content (AvgIpc) is 2.38. The third-order valence-electron chi connectivity index (χ3n) is 2.50. The molecule has 0 spiro atoms. The van der Waals surface area contributed by atoms with Gasteiger partial charge in [0.15, 0.2) is 0 Å². The fourth-order valence-electron chi connectivity index (χ4n) is 1.59. The van der Waals surface area contributed by atoms with E-state index >= 15 is 0 Å². The maximum Gasteiger partial charge on any atom is 0.338 e. The normalized spacial score (nSPS) is 10.1. The molecule has 5 heteroatoms. The van der Waals surface area contributed by atoms with Gasteiger partial charge in [-0.3, -0.25) is 4.79 Å². The van der Waals surface area contributed by atoms with E-state index < -0.39 is 0 Å².